The Morgan fingerprint density at radius 3 is 2.86 bits per heavy atom. The van der Waals surface area contributed by atoms with Crippen LogP contribution in [0.4, 0.5) is 5.69 Å². The lowest BCUT2D eigenvalue weighted by molar-refractivity contribution is 0.102. The first kappa shape index (κ1) is 13.5. The normalized spacial score (nSPS) is 10.3. The highest BCUT2D eigenvalue weighted by Gasteiger charge is 2.07. The van der Waals surface area contributed by atoms with Gasteiger partial charge in [-0.3, -0.25) is 4.79 Å². The lowest BCUT2D eigenvalue weighted by atomic mass is 10.2. The van der Waals surface area contributed by atoms with E-state index in [1.807, 2.05) is 35.0 Å². The Bertz CT molecular complexity index is 771. The first-order chi connectivity index (χ1) is 10.2. The zero-order valence-corrected chi connectivity index (χ0v) is 12.5. The molecular formula is C15H11BrN4O. The predicted octanol–water partition coefficient (Wildman–Crippen LogP) is 3.28. The summed E-state index contributed by atoms with van der Waals surface area (Å²) in [5.41, 5.74) is 2.20. The topological polar surface area (TPSA) is 59.8 Å². The number of imidazole rings is 1. The van der Waals surface area contributed by atoms with Crippen LogP contribution in [0.2, 0.25) is 0 Å². The number of aromatic nitrogens is 3. The monoisotopic (exact) mass is 342 g/mol. The summed E-state index contributed by atoms with van der Waals surface area (Å²) >= 11 is 3.25. The van der Waals surface area contributed by atoms with Crippen molar-refractivity contribution < 1.29 is 4.79 Å². The molecule has 0 fully saturated rings. The summed E-state index contributed by atoms with van der Waals surface area (Å²) in [4.78, 5) is 20.2. The summed E-state index contributed by atoms with van der Waals surface area (Å²) in [6, 6.07) is 10.9. The van der Waals surface area contributed by atoms with Gasteiger partial charge in [-0.25, -0.2) is 9.97 Å². The van der Waals surface area contributed by atoms with Crippen molar-refractivity contribution in [3.63, 3.8) is 0 Å². The summed E-state index contributed by atoms with van der Waals surface area (Å²) in [5.74, 6) is -0.180. The number of halogens is 1. The van der Waals surface area contributed by atoms with Gasteiger partial charge in [-0.15, -0.1) is 0 Å². The molecule has 3 rings (SSSR count). The molecule has 0 aliphatic carbocycles. The zero-order chi connectivity index (χ0) is 14.7. The zero-order valence-electron chi connectivity index (χ0n) is 10.9. The molecule has 3 aromatic rings. The van der Waals surface area contributed by atoms with E-state index < -0.39 is 0 Å². The standard InChI is InChI=1S/C15H11BrN4O/c16-14-8-11(4-5-18-14)15(21)19-12-2-1-3-13(9-12)20-7-6-17-10-20/h1-10H,(H,19,21). The molecule has 0 aliphatic rings. The average molecular weight is 343 g/mol. The van der Waals surface area contributed by atoms with Crippen LogP contribution >= 0.6 is 15.9 Å². The summed E-state index contributed by atoms with van der Waals surface area (Å²) in [7, 11) is 0. The number of anilines is 1. The third kappa shape index (κ3) is 3.17. The van der Waals surface area contributed by atoms with Gasteiger partial charge in [-0.05, 0) is 46.3 Å². The molecule has 5 nitrogen and oxygen atoms in total. The van der Waals surface area contributed by atoms with Crippen LogP contribution in [0.3, 0.4) is 0 Å². The van der Waals surface area contributed by atoms with Crippen LogP contribution in [0, 0.1) is 0 Å². The van der Waals surface area contributed by atoms with Gasteiger partial charge < -0.3 is 9.88 Å². The number of hydrogen-bond donors (Lipinski definition) is 1. The maximum Gasteiger partial charge on any atom is 0.255 e. The molecule has 0 aliphatic heterocycles. The van der Waals surface area contributed by atoms with Gasteiger partial charge in [0.25, 0.3) is 5.91 Å². The highest BCUT2D eigenvalue weighted by atomic mass is 79.9. The quantitative estimate of drug-likeness (QED) is 0.743. The molecule has 1 amide bonds. The van der Waals surface area contributed by atoms with E-state index in [4.69, 9.17) is 0 Å². The Hall–Kier alpha value is -2.47. The van der Waals surface area contributed by atoms with Crippen LogP contribution in [0.1, 0.15) is 10.4 Å². The number of hydrogen-bond acceptors (Lipinski definition) is 3. The van der Waals surface area contributed by atoms with Crippen molar-refractivity contribution in [2.45, 2.75) is 0 Å². The van der Waals surface area contributed by atoms with Crippen molar-refractivity contribution in [2.24, 2.45) is 0 Å². The van der Waals surface area contributed by atoms with Crippen LogP contribution in [0.15, 0.2) is 65.9 Å². The summed E-state index contributed by atoms with van der Waals surface area (Å²) in [6.07, 6.45) is 6.85. The van der Waals surface area contributed by atoms with Crippen molar-refractivity contribution in [3.05, 3.63) is 71.5 Å². The van der Waals surface area contributed by atoms with Gasteiger partial charge in [0.1, 0.15) is 4.60 Å². The highest BCUT2D eigenvalue weighted by Crippen LogP contribution is 2.16. The number of pyridine rings is 1. The van der Waals surface area contributed by atoms with Crippen molar-refractivity contribution >= 4 is 27.5 Å². The average Bonchev–Trinajstić information content (AvgIpc) is 3.02. The molecule has 2 heterocycles. The second-order valence-corrected chi connectivity index (χ2v) is 5.15. The van der Waals surface area contributed by atoms with E-state index in [2.05, 4.69) is 31.2 Å². The fraction of sp³-hybridized carbons (Fsp3) is 0. The Balaban J connectivity index is 1.82. The summed E-state index contributed by atoms with van der Waals surface area (Å²) in [6.45, 7) is 0. The van der Waals surface area contributed by atoms with Crippen LogP contribution < -0.4 is 5.32 Å². The SMILES string of the molecule is O=C(Nc1cccc(-n2ccnc2)c1)c1ccnc(Br)c1. The van der Waals surface area contributed by atoms with Gasteiger partial charge in [-0.2, -0.15) is 0 Å². The number of amides is 1. The molecule has 2 aromatic heterocycles. The summed E-state index contributed by atoms with van der Waals surface area (Å²) < 4.78 is 2.50. The molecule has 0 atom stereocenters. The van der Waals surface area contributed by atoms with Crippen LogP contribution in [0.25, 0.3) is 5.69 Å². The lowest BCUT2D eigenvalue weighted by Gasteiger charge is -2.08. The largest absolute Gasteiger partial charge is 0.322 e. The predicted molar refractivity (Wildman–Crippen MR) is 83.5 cm³/mol. The number of nitrogens with zero attached hydrogens (tertiary/aromatic N) is 3. The molecule has 0 unspecified atom stereocenters. The second kappa shape index (κ2) is 5.88. The third-order valence-corrected chi connectivity index (χ3v) is 3.33. The van der Waals surface area contributed by atoms with E-state index in [1.165, 1.54) is 0 Å². The van der Waals surface area contributed by atoms with Gasteiger partial charge in [-0.1, -0.05) is 6.07 Å². The van der Waals surface area contributed by atoms with Gasteiger partial charge in [0.05, 0.1) is 6.33 Å². The minimum Gasteiger partial charge on any atom is -0.322 e. The van der Waals surface area contributed by atoms with Gasteiger partial charge in [0.2, 0.25) is 0 Å². The molecular weight excluding hydrogens is 332 g/mol. The van der Waals surface area contributed by atoms with E-state index in [9.17, 15) is 4.79 Å². The van der Waals surface area contributed by atoms with Gasteiger partial charge >= 0.3 is 0 Å². The molecule has 0 bridgehead atoms. The van der Waals surface area contributed by atoms with E-state index in [0.29, 0.717) is 10.2 Å². The lowest BCUT2D eigenvalue weighted by Crippen LogP contribution is -2.12. The first-order valence-corrected chi connectivity index (χ1v) is 7.03. The molecule has 0 radical (unpaired) electrons. The number of rotatable bonds is 3. The fourth-order valence-corrected chi connectivity index (χ4v) is 2.27. The molecule has 21 heavy (non-hydrogen) atoms. The number of nitrogens with one attached hydrogen (secondary N) is 1. The summed E-state index contributed by atoms with van der Waals surface area (Å²) in [5, 5.41) is 2.87. The Labute approximate surface area is 129 Å². The maximum atomic E-state index is 12.2. The van der Waals surface area contributed by atoms with Crippen LogP contribution in [0.5, 0.6) is 0 Å². The van der Waals surface area contributed by atoms with E-state index in [1.54, 1.807) is 30.9 Å². The van der Waals surface area contributed by atoms with E-state index >= 15 is 0 Å². The molecule has 6 heteroatoms. The number of benzene rings is 1. The van der Waals surface area contributed by atoms with Crippen molar-refractivity contribution in [1.29, 1.82) is 0 Å². The molecule has 0 saturated heterocycles. The van der Waals surface area contributed by atoms with Crippen molar-refractivity contribution in [2.75, 3.05) is 5.32 Å². The van der Waals surface area contributed by atoms with Crippen LogP contribution in [-0.4, -0.2) is 20.4 Å². The first-order valence-electron chi connectivity index (χ1n) is 6.24. The Morgan fingerprint density at radius 1 is 1.19 bits per heavy atom. The molecule has 0 saturated carbocycles. The molecule has 0 spiro atoms. The highest BCUT2D eigenvalue weighted by molar-refractivity contribution is 9.10. The maximum absolute atomic E-state index is 12.2. The second-order valence-electron chi connectivity index (χ2n) is 4.34. The van der Waals surface area contributed by atoms with Crippen molar-refractivity contribution in [3.8, 4) is 5.69 Å². The van der Waals surface area contributed by atoms with E-state index in [0.717, 1.165) is 11.4 Å². The van der Waals surface area contributed by atoms with Gasteiger partial charge in [0.15, 0.2) is 0 Å². The number of carbonyl (C=O) groups excluding carboxylic acids is 1. The molecule has 104 valence electrons. The van der Waals surface area contributed by atoms with Crippen molar-refractivity contribution in [1.82, 2.24) is 14.5 Å². The van der Waals surface area contributed by atoms with Gasteiger partial charge in [0, 0.05) is 35.5 Å². The smallest absolute Gasteiger partial charge is 0.255 e. The fourth-order valence-electron chi connectivity index (χ4n) is 1.90. The number of carbonyl (C=O) groups is 1. The molecule has 1 aromatic carbocycles. The Morgan fingerprint density at radius 2 is 2.10 bits per heavy atom. The van der Waals surface area contributed by atoms with Crippen LogP contribution in [-0.2, 0) is 0 Å². The Kier molecular flexibility index (Phi) is 3.79. The minimum absolute atomic E-state index is 0.180. The van der Waals surface area contributed by atoms with E-state index in [-0.39, 0.29) is 5.91 Å². The minimum atomic E-state index is -0.180. The third-order valence-electron chi connectivity index (χ3n) is 2.90. The molecule has 1 N–H and O–H groups in total.